The monoisotopic (exact) mass is 235 g/mol. The van der Waals surface area contributed by atoms with Gasteiger partial charge in [0.1, 0.15) is 0 Å². The maximum absolute atomic E-state index is 11.3. The van der Waals surface area contributed by atoms with Gasteiger partial charge in [0.25, 0.3) is 0 Å². The van der Waals surface area contributed by atoms with Gasteiger partial charge in [0.2, 0.25) is 0 Å². The van der Waals surface area contributed by atoms with Crippen molar-refractivity contribution in [1.82, 2.24) is 4.90 Å². The molecule has 0 bridgehead atoms. The zero-order valence-corrected chi connectivity index (χ0v) is 10.8. The lowest BCUT2D eigenvalue weighted by Crippen LogP contribution is -2.36. The quantitative estimate of drug-likeness (QED) is 0.824. The fourth-order valence-electron chi connectivity index (χ4n) is 1.95. The molecule has 94 valence electrons. The molecule has 0 aliphatic rings. The largest absolute Gasteiger partial charge is 0.481 e. The molecule has 17 heavy (non-hydrogen) atoms. The van der Waals surface area contributed by atoms with Crippen LogP contribution >= 0.6 is 0 Å². The normalized spacial score (nSPS) is 13.0. The van der Waals surface area contributed by atoms with E-state index in [0.717, 1.165) is 12.1 Å². The van der Waals surface area contributed by atoms with Crippen molar-refractivity contribution in [2.45, 2.75) is 32.7 Å². The number of aliphatic carboxylic acids is 1. The summed E-state index contributed by atoms with van der Waals surface area (Å²) in [6.07, 6.45) is 0. The molecule has 0 aliphatic heterocycles. The van der Waals surface area contributed by atoms with Crippen molar-refractivity contribution < 1.29 is 9.90 Å². The number of likely N-dealkylation sites (N-methyl/N-ethyl adjacent to an activating group) is 1. The summed E-state index contributed by atoms with van der Waals surface area (Å²) in [5, 5.41) is 9.33. The Kier molecular flexibility index (Phi) is 5.16. The molecular formula is C14H21NO2. The number of hydrogen-bond acceptors (Lipinski definition) is 2. The lowest BCUT2D eigenvalue weighted by atomic mass is 9.98. The Labute approximate surface area is 103 Å². The zero-order valence-electron chi connectivity index (χ0n) is 10.8. The average Bonchev–Trinajstić information content (AvgIpc) is 2.30. The second-order valence-corrected chi connectivity index (χ2v) is 4.48. The molecule has 0 aromatic heterocycles. The van der Waals surface area contributed by atoms with Crippen LogP contribution in [0.1, 0.15) is 32.3 Å². The van der Waals surface area contributed by atoms with Gasteiger partial charge in [-0.25, -0.2) is 0 Å². The van der Waals surface area contributed by atoms with E-state index in [-0.39, 0.29) is 0 Å². The van der Waals surface area contributed by atoms with E-state index < -0.39 is 11.9 Å². The first-order chi connectivity index (χ1) is 8.06. The summed E-state index contributed by atoms with van der Waals surface area (Å²) in [4.78, 5) is 13.5. The summed E-state index contributed by atoms with van der Waals surface area (Å²) < 4.78 is 0. The van der Waals surface area contributed by atoms with E-state index in [1.54, 1.807) is 0 Å². The third kappa shape index (κ3) is 3.86. The minimum Gasteiger partial charge on any atom is -0.481 e. The highest BCUT2D eigenvalue weighted by Crippen LogP contribution is 2.18. The van der Waals surface area contributed by atoms with Crippen LogP contribution in [-0.2, 0) is 4.79 Å². The Balaban J connectivity index is 2.84. The molecule has 1 rings (SSSR count). The first-order valence-corrected chi connectivity index (χ1v) is 6.08. The molecule has 0 heterocycles. The molecule has 3 heteroatoms. The van der Waals surface area contributed by atoms with Crippen molar-refractivity contribution >= 4 is 5.97 Å². The molecule has 0 radical (unpaired) electrons. The Morgan fingerprint density at radius 2 is 1.88 bits per heavy atom. The summed E-state index contributed by atoms with van der Waals surface area (Å²) in [5.74, 6) is -1.20. The SMILES string of the molecule is CCN(CC(C(=O)O)c1ccccc1)C(C)C. The fraction of sp³-hybridized carbons (Fsp3) is 0.500. The maximum atomic E-state index is 11.3. The molecule has 1 unspecified atom stereocenters. The summed E-state index contributed by atoms with van der Waals surface area (Å²) in [5.41, 5.74) is 0.874. The highest BCUT2D eigenvalue weighted by atomic mass is 16.4. The van der Waals surface area contributed by atoms with Gasteiger partial charge in [0.15, 0.2) is 0 Å². The lowest BCUT2D eigenvalue weighted by Gasteiger charge is -2.28. The molecule has 0 spiro atoms. The molecule has 0 fully saturated rings. The van der Waals surface area contributed by atoms with Gasteiger partial charge in [0.05, 0.1) is 5.92 Å². The van der Waals surface area contributed by atoms with Crippen molar-refractivity contribution in [2.24, 2.45) is 0 Å². The fourth-order valence-corrected chi connectivity index (χ4v) is 1.95. The number of nitrogens with zero attached hydrogens (tertiary/aromatic N) is 1. The van der Waals surface area contributed by atoms with Crippen LogP contribution in [-0.4, -0.2) is 35.1 Å². The van der Waals surface area contributed by atoms with Gasteiger partial charge in [-0.05, 0) is 26.0 Å². The standard InChI is InChI=1S/C14H21NO2/c1-4-15(11(2)3)10-13(14(16)17)12-8-6-5-7-9-12/h5-9,11,13H,4,10H2,1-3H3,(H,16,17). The molecule has 1 aromatic carbocycles. The second-order valence-electron chi connectivity index (χ2n) is 4.48. The van der Waals surface area contributed by atoms with Crippen LogP contribution in [0.5, 0.6) is 0 Å². The van der Waals surface area contributed by atoms with Gasteiger partial charge < -0.3 is 10.0 Å². The topological polar surface area (TPSA) is 40.5 Å². The summed E-state index contributed by atoms with van der Waals surface area (Å²) >= 11 is 0. The number of carbonyl (C=O) groups is 1. The van der Waals surface area contributed by atoms with Crippen molar-refractivity contribution in [3.63, 3.8) is 0 Å². The maximum Gasteiger partial charge on any atom is 0.312 e. The predicted molar refractivity (Wildman–Crippen MR) is 69.2 cm³/mol. The number of carboxylic acid groups (broad SMARTS) is 1. The van der Waals surface area contributed by atoms with Crippen molar-refractivity contribution in [2.75, 3.05) is 13.1 Å². The smallest absolute Gasteiger partial charge is 0.312 e. The average molecular weight is 235 g/mol. The van der Waals surface area contributed by atoms with Gasteiger partial charge in [-0.1, -0.05) is 37.3 Å². The van der Waals surface area contributed by atoms with Gasteiger partial charge >= 0.3 is 5.97 Å². The van der Waals surface area contributed by atoms with E-state index in [1.807, 2.05) is 30.3 Å². The van der Waals surface area contributed by atoms with E-state index in [9.17, 15) is 9.90 Å². The van der Waals surface area contributed by atoms with Gasteiger partial charge in [-0.2, -0.15) is 0 Å². The van der Waals surface area contributed by atoms with Crippen LogP contribution < -0.4 is 0 Å². The molecule has 1 N–H and O–H groups in total. The third-order valence-electron chi connectivity index (χ3n) is 3.05. The van der Waals surface area contributed by atoms with Gasteiger partial charge in [0, 0.05) is 12.6 Å². The van der Waals surface area contributed by atoms with Gasteiger partial charge in [-0.3, -0.25) is 4.79 Å². The highest BCUT2D eigenvalue weighted by molar-refractivity contribution is 5.76. The molecule has 1 atom stereocenters. The van der Waals surface area contributed by atoms with Crippen molar-refractivity contribution in [1.29, 1.82) is 0 Å². The van der Waals surface area contributed by atoms with Crippen LogP contribution in [0.25, 0.3) is 0 Å². The summed E-state index contributed by atoms with van der Waals surface area (Å²) in [6.45, 7) is 7.67. The van der Waals surface area contributed by atoms with Gasteiger partial charge in [-0.15, -0.1) is 0 Å². The van der Waals surface area contributed by atoms with Crippen molar-refractivity contribution in [3.05, 3.63) is 35.9 Å². The molecular weight excluding hydrogens is 214 g/mol. The van der Waals surface area contributed by atoms with Crippen LogP contribution in [0.2, 0.25) is 0 Å². The van der Waals surface area contributed by atoms with E-state index in [4.69, 9.17) is 0 Å². The minimum atomic E-state index is -0.754. The van der Waals surface area contributed by atoms with Crippen LogP contribution in [0.3, 0.4) is 0 Å². The zero-order chi connectivity index (χ0) is 12.8. The van der Waals surface area contributed by atoms with E-state index in [0.29, 0.717) is 12.6 Å². The predicted octanol–water partition coefficient (Wildman–Crippen LogP) is 2.59. The Hall–Kier alpha value is -1.35. The van der Waals surface area contributed by atoms with Crippen LogP contribution in [0.15, 0.2) is 30.3 Å². The Bertz CT molecular complexity index is 348. The number of rotatable bonds is 6. The molecule has 0 amide bonds. The first kappa shape index (κ1) is 13.7. The Morgan fingerprint density at radius 1 is 1.29 bits per heavy atom. The molecule has 0 saturated heterocycles. The number of benzene rings is 1. The summed E-state index contributed by atoms with van der Waals surface area (Å²) in [6, 6.07) is 9.81. The molecule has 1 aromatic rings. The number of hydrogen-bond donors (Lipinski definition) is 1. The second kappa shape index (κ2) is 6.40. The third-order valence-corrected chi connectivity index (χ3v) is 3.05. The lowest BCUT2D eigenvalue weighted by molar-refractivity contribution is -0.139. The van der Waals surface area contributed by atoms with E-state index >= 15 is 0 Å². The van der Waals surface area contributed by atoms with E-state index in [2.05, 4.69) is 25.7 Å². The highest BCUT2D eigenvalue weighted by Gasteiger charge is 2.23. The molecule has 3 nitrogen and oxygen atoms in total. The molecule has 0 saturated carbocycles. The van der Waals surface area contributed by atoms with Crippen molar-refractivity contribution in [3.8, 4) is 0 Å². The minimum absolute atomic E-state index is 0.366. The van der Waals surface area contributed by atoms with Crippen LogP contribution in [0.4, 0.5) is 0 Å². The Morgan fingerprint density at radius 3 is 2.29 bits per heavy atom. The number of carboxylic acids is 1. The van der Waals surface area contributed by atoms with E-state index in [1.165, 1.54) is 0 Å². The summed E-state index contributed by atoms with van der Waals surface area (Å²) in [7, 11) is 0. The van der Waals surface area contributed by atoms with Crippen LogP contribution in [0, 0.1) is 0 Å². The first-order valence-electron chi connectivity index (χ1n) is 6.08. The molecule has 0 aliphatic carbocycles.